The molecule has 0 aromatic heterocycles. The molecule has 1 spiro atoms. The average Bonchev–Trinajstić information content (AvgIpc) is 3.40. The molecule has 0 amide bonds. The zero-order chi connectivity index (χ0) is 23.7. The van der Waals surface area contributed by atoms with Crippen molar-refractivity contribution in [1.82, 2.24) is 0 Å². The standard InChI is InChI=1S/C35H23N/c1-2-12-25-23(10-1)11-9-19-34(25)36-24-20-21-29-28-15-5-8-18-32(28)35(33(29)22-24)30-16-6-3-13-26(30)27-14-4-7-17-31(27)35/h1-22,36H. The van der Waals surface area contributed by atoms with Gasteiger partial charge in [0.25, 0.3) is 0 Å². The second-order valence-electron chi connectivity index (χ2n) is 9.80. The average molecular weight is 458 g/mol. The minimum Gasteiger partial charge on any atom is -0.355 e. The first kappa shape index (κ1) is 19.7. The highest BCUT2D eigenvalue weighted by Crippen LogP contribution is 2.62. The van der Waals surface area contributed by atoms with E-state index >= 15 is 0 Å². The van der Waals surface area contributed by atoms with Crippen molar-refractivity contribution in [2.45, 2.75) is 5.41 Å². The van der Waals surface area contributed by atoms with E-state index in [0.717, 1.165) is 11.4 Å². The molecule has 8 rings (SSSR count). The number of nitrogens with one attached hydrogen (secondary N) is 1. The lowest BCUT2D eigenvalue weighted by molar-refractivity contribution is 0.794. The smallest absolute Gasteiger partial charge is 0.0726 e. The molecule has 0 radical (unpaired) electrons. The van der Waals surface area contributed by atoms with Crippen LogP contribution in [0.4, 0.5) is 11.4 Å². The van der Waals surface area contributed by atoms with Crippen molar-refractivity contribution < 1.29 is 0 Å². The lowest BCUT2D eigenvalue weighted by Gasteiger charge is -2.30. The SMILES string of the molecule is c1ccc2c(c1)-c1ccccc1C21c2ccccc2-c2ccc(Nc3cccc4ccccc34)cc21. The molecule has 2 aliphatic carbocycles. The summed E-state index contributed by atoms with van der Waals surface area (Å²) in [5.41, 5.74) is 12.7. The van der Waals surface area contributed by atoms with Crippen molar-refractivity contribution in [3.8, 4) is 22.3 Å². The van der Waals surface area contributed by atoms with Gasteiger partial charge in [-0.05, 0) is 68.1 Å². The fourth-order valence-corrected chi connectivity index (χ4v) is 6.66. The first-order valence-corrected chi connectivity index (χ1v) is 12.5. The molecule has 0 fully saturated rings. The van der Waals surface area contributed by atoms with Gasteiger partial charge in [0.05, 0.1) is 5.41 Å². The van der Waals surface area contributed by atoms with E-state index in [-0.39, 0.29) is 5.41 Å². The quantitative estimate of drug-likeness (QED) is 0.273. The van der Waals surface area contributed by atoms with Crippen molar-refractivity contribution in [1.29, 1.82) is 0 Å². The Labute approximate surface area is 210 Å². The van der Waals surface area contributed by atoms with E-state index < -0.39 is 0 Å². The van der Waals surface area contributed by atoms with E-state index in [1.54, 1.807) is 0 Å². The van der Waals surface area contributed by atoms with Crippen molar-refractivity contribution >= 4 is 22.1 Å². The summed E-state index contributed by atoms with van der Waals surface area (Å²) in [4.78, 5) is 0. The third kappa shape index (κ3) is 2.44. The highest BCUT2D eigenvalue weighted by Gasteiger charge is 2.51. The molecule has 6 aromatic carbocycles. The van der Waals surface area contributed by atoms with Crippen LogP contribution in [0.5, 0.6) is 0 Å². The number of anilines is 2. The fraction of sp³-hybridized carbons (Fsp3) is 0.0286. The minimum absolute atomic E-state index is 0.310. The fourth-order valence-electron chi connectivity index (χ4n) is 6.66. The number of hydrogen-bond donors (Lipinski definition) is 1. The number of hydrogen-bond acceptors (Lipinski definition) is 1. The molecule has 2 aliphatic rings. The van der Waals surface area contributed by atoms with Crippen LogP contribution in [-0.4, -0.2) is 0 Å². The van der Waals surface area contributed by atoms with E-state index in [2.05, 4.69) is 139 Å². The van der Waals surface area contributed by atoms with Crippen LogP contribution in [-0.2, 0) is 5.41 Å². The maximum Gasteiger partial charge on any atom is 0.0726 e. The second kappa shape index (κ2) is 7.19. The molecule has 1 N–H and O–H groups in total. The lowest BCUT2D eigenvalue weighted by atomic mass is 9.70. The van der Waals surface area contributed by atoms with Gasteiger partial charge in [-0.3, -0.25) is 0 Å². The van der Waals surface area contributed by atoms with Crippen molar-refractivity contribution in [2.24, 2.45) is 0 Å². The second-order valence-corrected chi connectivity index (χ2v) is 9.80. The highest BCUT2D eigenvalue weighted by atomic mass is 14.9. The van der Waals surface area contributed by atoms with Crippen molar-refractivity contribution in [3.05, 3.63) is 156 Å². The van der Waals surface area contributed by atoms with Crippen LogP contribution in [0.2, 0.25) is 0 Å². The summed E-state index contributed by atoms with van der Waals surface area (Å²) in [6.45, 7) is 0. The van der Waals surface area contributed by atoms with Gasteiger partial charge in [0.2, 0.25) is 0 Å². The summed E-state index contributed by atoms with van der Waals surface area (Å²) in [7, 11) is 0. The zero-order valence-electron chi connectivity index (χ0n) is 19.7. The molecule has 0 bridgehead atoms. The van der Waals surface area contributed by atoms with Gasteiger partial charge < -0.3 is 5.32 Å². The summed E-state index contributed by atoms with van der Waals surface area (Å²) >= 11 is 0. The summed E-state index contributed by atoms with van der Waals surface area (Å²) in [6.07, 6.45) is 0. The molecule has 1 heteroatoms. The Hall–Kier alpha value is -4.62. The highest BCUT2D eigenvalue weighted by molar-refractivity contribution is 5.98. The number of fused-ring (bicyclic) bond motifs is 11. The number of benzene rings is 6. The van der Waals surface area contributed by atoms with Crippen LogP contribution in [0.15, 0.2) is 133 Å². The van der Waals surface area contributed by atoms with Crippen molar-refractivity contribution in [3.63, 3.8) is 0 Å². The maximum absolute atomic E-state index is 3.76. The normalized spacial score (nSPS) is 13.8. The largest absolute Gasteiger partial charge is 0.355 e. The van der Waals surface area contributed by atoms with E-state index in [1.807, 2.05) is 0 Å². The van der Waals surface area contributed by atoms with E-state index in [1.165, 1.54) is 55.3 Å². The van der Waals surface area contributed by atoms with Crippen LogP contribution >= 0.6 is 0 Å². The van der Waals surface area contributed by atoms with Gasteiger partial charge in [-0.15, -0.1) is 0 Å². The predicted molar refractivity (Wildman–Crippen MR) is 150 cm³/mol. The summed E-state index contributed by atoms with van der Waals surface area (Å²) in [5.74, 6) is 0. The topological polar surface area (TPSA) is 12.0 Å². The summed E-state index contributed by atoms with van der Waals surface area (Å²) < 4.78 is 0. The van der Waals surface area contributed by atoms with Gasteiger partial charge in [-0.1, -0.05) is 115 Å². The Bertz CT molecular complexity index is 1760. The molecule has 1 nitrogen and oxygen atoms in total. The Morgan fingerprint density at radius 1 is 0.417 bits per heavy atom. The first-order chi connectivity index (χ1) is 17.9. The molecule has 0 saturated carbocycles. The number of rotatable bonds is 2. The van der Waals surface area contributed by atoms with Crippen LogP contribution < -0.4 is 5.32 Å². The zero-order valence-corrected chi connectivity index (χ0v) is 19.7. The van der Waals surface area contributed by atoms with Gasteiger partial charge in [0.1, 0.15) is 0 Å². The first-order valence-electron chi connectivity index (χ1n) is 12.5. The predicted octanol–water partition coefficient (Wildman–Crippen LogP) is 8.93. The summed E-state index contributed by atoms with van der Waals surface area (Å²) in [6, 6.07) is 48.8. The van der Waals surface area contributed by atoms with E-state index in [9.17, 15) is 0 Å². The van der Waals surface area contributed by atoms with Crippen LogP contribution in [0.3, 0.4) is 0 Å². The van der Waals surface area contributed by atoms with Gasteiger partial charge >= 0.3 is 0 Å². The molecule has 0 atom stereocenters. The third-order valence-electron chi connectivity index (χ3n) is 8.07. The van der Waals surface area contributed by atoms with Gasteiger partial charge in [-0.2, -0.15) is 0 Å². The van der Waals surface area contributed by atoms with Crippen LogP contribution in [0.1, 0.15) is 22.3 Å². The van der Waals surface area contributed by atoms with Crippen LogP contribution in [0, 0.1) is 0 Å². The molecule has 168 valence electrons. The van der Waals surface area contributed by atoms with Gasteiger partial charge in [-0.25, -0.2) is 0 Å². The Kier molecular flexibility index (Phi) is 3.93. The Morgan fingerprint density at radius 2 is 0.944 bits per heavy atom. The molecular formula is C35H23N. The van der Waals surface area contributed by atoms with Gasteiger partial charge in [0, 0.05) is 16.8 Å². The minimum atomic E-state index is -0.310. The maximum atomic E-state index is 3.76. The van der Waals surface area contributed by atoms with E-state index in [0.29, 0.717) is 0 Å². The molecule has 0 unspecified atom stereocenters. The van der Waals surface area contributed by atoms with E-state index in [4.69, 9.17) is 0 Å². The molecular weight excluding hydrogens is 434 g/mol. The molecule has 36 heavy (non-hydrogen) atoms. The Morgan fingerprint density at radius 3 is 1.61 bits per heavy atom. The third-order valence-corrected chi connectivity index (χ3v) is 8.07. The molecule has 0 saturated heterocycles. The molecule has 0 heterocycles. The van der Waals surface area contributed by atoms with Crippen LogP contribution in [0.25, 0.3) is 33.0 Å². The Balaban J connectivity index is 1.40. The molecule has 6 aromatic rings. The summed E-state index contributed by atoms with van der Waals surface area (Å²) in [5, 5.41) is 6.23. The molecule has 0 aliphatic heterocycles. The monoisotopic (exact) mass is 457 g/mol. The van der Waals surface area contributed by atoms with Gasteiger partial charge in [0.15, 0.2) is 0 Å². The lowest BCUT2D eigenvalue weighted by Crippen LogP contribution is -2.25. The van der Waals surface area contributed by atoms with Crippen molar-refractivity contribution in [2.75, 3.05) is 5.32 Å².